The third-order valence-electron chi connectivity index (χ3n) is 4.06. The number of urea groups is 1. The lowest BCUT2D eigenvalue weighted by molar-refractivity contribution is -0.141. The molecule has 0 saturated carbocycles. The van der Waals surface area contributed by atoms with Crippen LogP contribution in [0.5, 0.6) is 0 Å². The molecule has 2 atom stereocenters. The summed E-state index contributed by atoms with van der Waals surface area (Å²) in [6.07, 6.45) is 3.46. The number of carbonyl (C=O) groups is 2. The van der Waals surface area contributed by atoms with E-state index in [0.717, 1.165) is 25.9 Å². The molecule has 0 aromatic carbocycles. The molecule has 1 rings (SSSR count). The van der Waals surface area contributed by atoms with E-state index in [-0.39, 0.29) is 24.1 Å². The lowest BCUT2D eigenvalue weighted by Gasteiger charge is -2.37. The Hall–Kier alpha value is -1.30. The second-order valence-corrected chi connectivity index (χ2v) is 6.62. The number of carboxylic acid groups (broad SMARTS) is 1. The highest BCUT2D eigenvalue weighted by molar-refractivity contribution is 5.75. The maximum absolute atomic E-state index is 12.0. The Kier molecular flexibility index (Phi) is 6.45. The predicted octanol–water partition coefficient (Wildman–Crippen LogP) is 1.94. The van der Waals surface area contributed by atoms with Gasteiger partial charge < -0.3 is 20.1 Å². The van der Waals surface area contributed by atoms with Gasteiger partial charge in [-0.2, -0.15) is 0 Å². The summed E-state index contributed by atoms with van der Waals surface area (Å²) in [5.74, 6) is -1.47. The summed E-state index contributed by atoms with van der Waals surface area (Å²) in [7, 11) is 1.61. The van der Waals surface area contributed by atoms with Gasteiger partial charge in [0.15, 0.2) is 0 Å². The van der Waals surface area contributed by atoms with Gasteiger partial charge in [-0.3, -0.25) is 4.79 Å². The Balaban J connectivity index is 2.41. The third kappa shape index (κ3) is 5.53. The molecule has 2 N–H and O–H groups in total. The SMILES string of the molecule is CC(CN(C)C(=O)NCC(C)(C)C1CCCCO1)C(=O)O. The molecule has 1 aliphatic rings. The molecule has 21 heavy (non-hydrogen) atoms. The predicted molar refractivity (Wildman–Crippen MR) is 80.2 cm³/mol. The minimum atomic E-state index is -0.898. The highest BCUT2D eigenvalue weighted by Gasteiger charge is 2.32. The summed E-state index contributed by atoms with van der Waals surface area (Å²) in [4.78, 5) is 24.2. The van der Waals surface area contributed by atoms with E-state index >= 15 is 0 Å². The van der Waals surface area contributed by atoms with Gasteiger partial charge in [-0.25, -0.2) is 4.79 Å². The molecule has 6 heteroatoms. The van der Waals surface area contributed by atoms with Crippen molar-refractivity contribution in [3.63, 3.8) is 0 Å². The molecule has 2 amide bonds. The fourth-order valence-electron chi connectivity index (χ4n) is 2.48. The first kappa shape index (κ1) is 17.8. The molecule has 2 unspecified atom stereocenters. The second kappa shape index (κ2) is 7.64. The van der Waals surface area contributed by atoms with E-state index in [1.54, 1.807) is 14.0 Å². The lowest BCUT2D eigenvalue weighted by atomic mass is 9.82. The van der Waals surface area contributed by atoms with E-state index in [4.69, 9.17) is 9.84 Å². The highest BCUT2D eigenvalue weighted by Crippen LogP contribution is 2.29. The van der Waals surface area contributed by atoms with Gasteiger partial charge in [0.1, 0.15) is 0 Å². The zero-order valence-electron chi connectivity index (χ0n) is 13.5. The van der Waals surface area contributed by atoms with Crippen LogP contribution < -0.4 is 5.32 Å². The Morgan fingerprint density at radius 2 is 2.10 bits per heavy atom. The smallest absolute Gasteiger partial charge is 0.317 e. The largest absolute Gasteiger partial charge is 0.481 e. The molecule has 1 fully saturated rings. The first-order valence-corrected chi connectivity index (χ1v) is 7.57. The molecule has 0 spiro atoms. The van der Waals surface area contributed by atoms with Crippen molar-refractivity contribution in [1.29, 1.82) is 0 Å². The van der Waals surface area contributed by atoms with Crippen LogP contribution in [0.2, 0.25) is 0 Å². The number of amides is 2. The monoisotopic (exact) mass is 300 g/mol. The molecule has 1 aliphatic heterocycles. The van der Waals surface area contributed by atoms with E-state index < -0.39 is 11.9 Å². The molecule has 6 nitrogen and oxygen atoms in total. The average molecular weight is 300 g/mol. The second-order valence-electron chi connectivity index (χ2n) is 6.62. The number of hydrogen-bond donors (Lipinski definition) is 2. The van der Waals surface area contributed by atoms with Crippen LogP contribution in [0.1, 0.15) is 40.0 Å². The van der Waals surface area contributed by atoms with Gasteiger partial charge in [0.05, 0.1) is 12.0 Å². The maximum atomic E-state index is 12.0. The number of aliphatic carboxylic acids is 1. The Bertz CT molecular complexity index is 365. The van der Waals surface area contributed by atoms with Crippen LogP contribution in [-0.4, -0.2) is 54.9 Å². The minimum absolute atomic E-state index is 0.130. The molecule has 0 aromatic heterocycles. The minimum Gasteiger partial charge on any atom is -0.481 e. The first-order valence-electron chi connectivity index (χ1n) is 7.57. The quantitative estimate of drug-likeness (QED) is 0.786. The van der Waals surface area contributed by atoms with Gasteiger partial charge in [-0.1, -0.05) is 20.8 Å². The Morgan fingerprint density at radius 1 is 1.43 bits per heavy atom. The summed E-state index contributed by atoms with van der Waals surface area (Å²) in [6, 6.07) is -0.244. The standard InChI is InChI=1S/C15H28N2O4/c1-11(13(18)19)9-17(4)14(20)16-10-15(2,3)12-7-5-6-8-21-12/h11-12H,5-10H2,1-4H3,(H,16,20)(H,18,19). The van der Waals surface area contributed by atoms with E-state index in [2.05, 4.69) is 19.2 Å². The van der Waals surface area contributed by atoms with Crippen molar-refractivity contribution in [2.75, 3.05) is 26.7 Å². The van der Waals surface area contributed by atoms with Gasteiger partial charge in [-0.15, -0.1) is 0 Å². The molecule has 122 valence electrons. The molecular weight excluding hydrogens is 272 g/mol. The molecular formula is C15H28N2O4. The summed E-state index contributed by atoms with van der Waals surface area (Å²) in [6.45, 7) is 7.26. The summed E-state index contributed by atoms with van der Waals surface area (Å²) in [5, 5.41) is 11.7. The van der Waals surface area contributed by atoms with Crippen LogP contribution in [-0.2, 0) is 9.53 Å². The van der Waals surface area contributed by atoms with Gasteiger partial charge >= 0.3 is 12.0 Å². The van der Waals surface area contributed by atoms with E-state index in [1.165, 1.54) is 4.90 Å². The molecule has 1 heterocycles. The van der Waals surface area contributed by atoms with Crippen molar-refractivity contribution in [2.45, 2.75) is 46.1 Å². The van der Waals surface area contributed by atoms with E-state index in [9.17, 15) is 9.59 Å². The van der Waals surface area contributed by atoms with Crippen molar-refractivity contribution in [3.05, 3.63) is 0 Å². The van der Waals surface area contributed by atoms with Gasteiger partial charge in [0, 0.05) is 32.2 Å². The summed E-state index contributed by atoms with van der Waals surface area (Å²) < 4.78 is 5.79. The number of nitrogens with one attached hydrogen (secondary N) is 1. The van der Waals surface area contributed by atoms with Crippen LogP contribution in [0.25, 0.3) is 0 Å². The van der Waals surface area contributed by atoms with Crippen LogP contribution in [0.15, 0.2) is 0 Å². The van der Waals surface area contributed by atoms with Crippen LogP contribution in [0.3, 0.4) is 0 Å². The lowest BCUT2D eigenvalue weighted by Crippen LogP contribution is -2.48. The molecule has 1 saturated heterocycles. The van der Waals surface area contributed by atoms with Gasteiger partial charge in [-0.05, 0) is 19.3 Å². The topological polar surface area (TPSA) is 78.9 Å². The number of ether oxygens (including phenoxy) is 1. The van der Waals surface area contributed by atoms with Crippen molar-refractivity contribution < 1.29 is 19.4 Å². The van der Waals surface area contributed by atoms with Gasteiger partial charge in [0.25, 0.3) is 0 Å². The fraction of sp³-hybridized carbons (Fsp3) is 0.867. The Morgan fingerprint density at radius 3 is 2.62 bits per heavy atom. The van der Waals surface area contributed by atoms with Gasteiger partial charge in [0.2, 0.25) is 0 Å². The fourth-order valence-corrected chi connectivity index (χ4v) is 2.48. The Labute approximate surface area is 126 Å². The zero-order valence-corrected chi connectivity index (χ0v) is 13.5. The maximum Gasteiger partial charge on any atom is 0.317 e. The van der Waals surface area contributed by atoms with Crippen molar-refractivity contribution in [1.82, 2.24) is 10.2 Å². The molecule has 0 aromatic rings. The number of rotatable bonds is 6. The van der Waals surface area contributed by atoms with E-state index in [1.807, 2.05) is 0 Å². The summed E-state index contributed by atoms with van der Waals surface area (Å²) >= 11 is 0. The number of carbonyl (C=O) groups excluding carboxylic acids is 1. The number of carboxylic acids is 1. The average Bonchev–Trinajstić information content (AvgIpc) is 2.45. The van der Waals surface area contributed by atoms with Crippen molar-refractivity contribution >= 4 is 12.0 Å². The molecule has 0 radical (unpaired) electrons. The van der Waals surface area contributed by atoms with Crippen molar-refractivity contribution in [2.24, 2.45) is 11.3 Å². The molecule has 0 bridgehead atoms. The highest BCUT2D eigenvalue weighted by atomic mass is 16.5. The third-order valence-corrected chi connectivity index (χ3v) is 4.06. The van der Waals surface area contributed by atoms with Crippen molar-refractivity contribution in [3.8, 4) is 0 Å². The van der Waals surface area contributed by atoms with Crippen LogP contribution in [0.4, 0.5) is 4.79 Å². The first-order chi connectivity index (χ1) is 9.74. The van der Waals surface area contributed by atoms with Crippen LogP contribution >= 0.6 is 0 Å². The van der Waals surface area contributed by atoms with Crippen LogP contribution in [0, 0.1) is 11.3 Å². The summed E-state index contributed by atoms with van der Waals surface area (Å²) in [5.41, 5.74) is -0.130. The number of nitrogens with zero attached hydrogens (tertiary/aromatic N) is 1. The zero-order chi connectivity index (χ0) is 16.0. The normalized spacial score (nSPS) is 20.7. The number of hydrogen-bond acceptors (Lipinski definition) is 3. The molecule has 0 aliphatic carbocycles. The van der Waals surface area contributed by atoms with E-state index in [0.29, 0.717) is 6.54 Å².